The summed E-state index contributed by atoms with van der Waals surface area (Å²) in [6.45, 7) is 4.44. The third-order valence-corrected chi connectivity index (χ3v) is 3.47. The molecule has 0 rings (SSSR count). The van der Waals surface area contributed by atoms with Crippen LogP contribution in [0.3, 0.4) is 0 Å². The number of rotatable bonds is 14. The van der Waals surface area contributed by atoms with Crippen molar-refractivity contribution in [3.05, 3.63) is 0 Å². The van der Waals surface area contributed by atoms with E-state index in [4.69, 9.17) is 0 Å². The minimum absolute atomic E-state index is 0.0587. The maximum Gasteiger partial charge on any atom is 0.240 e. The molecule has 0 aliphatic rings. The summed E-state index contributed by atoms with van der Waals surface area (Å²) < 4.78 is 0. The first-order chi connectivity index (χ1) is 9.81. The second-order valence-electron chi connectivity index (χ2n) is 5.57. The van der Waals surface area contributed by atoms with Gasteiger partial charge in [-0.25, -0.2) is 5.43 Å². The maximum atomic E-state index is 11.5. The van der Waals surface area contributed by atoms with Gasteiger partial charge in [0.25, 0.3) is 0 Å². The number of carbonyl (C=O) groups is 1. The SMILES string of the molecule is CCCCCCC=NNC(=O)CCCCCCCCC. The van der Waals surface area contributed by atoms with E-state index < -0.39 is 0 Å². The normalized spacial score (nSPS) is 11.1. The van der Waals surface area contributed by atoms with Gasteiger partial charge < -0.3 is 0 Å². The molecule has 0 aliphatic carbocycles. The average Bonchev–Trinajstić information content (AvgIpc) is 2.45. The van der Waals surface area contributed by atoms with Gasteiger partial charge in [0, 0.05) is 12.6 Å². The van der Waals surface area contributed by atoms with Crippen molar-refractivity contribution in [3.63, 3.8) is 0 Å². The number of hydrazone groups is 1. The molecule has 0 aromatic heterocycles. The van der Waals surface area contributed by atoms with E-state index in [0.29, 0.717) is 6.42 Å². The summed E-state index contributed by atoms with van der Waals surface area (Å²) in [5.74, 6) is 0.0587. The Hall–Kier alpha value is -0.860. The quantitative estimate of drug-likeness (QED) is 0.265. The van der Waals surface area contributed by atoms with E-state index in [1.807, 2.05) is 6.21 Å². The fraction of sp³-hybridized carbons (Fsp3) is 0.882. The highest BCUT2D eigenvalue weighted by Crippen LogP contribution is 2.08. The first-order valence-electron chi connectivity index (χ1n) is 8.61. The predicted octanol–water partition coefficient (Wildman–Crippen LogP) is 5.20. The predicted molar refractivity (Wildman–Crippen MR) is 88.0 cm³/mol. The van der Waals surface area contributed by atoms with Gasteiger partial charge in [-0.1, -0.05) is 71.6 Å². The van der Waals surface area contributed by atoms with Gasteiger partial charge in [0.1, 0.15) is 0 Å². The van der Waals surface area contributed by atoms with Crippen molar-refractivity contribution in [1.29, 1.82) is 0 Å². The van der Waals surface area contributed by atoms with Crippen molar-refractivity contribution in [2.75, 3.05) is 0 Å². The Morgan fingerprint density at radius 3 is 2.05 bits per heavy atom. The number of hydrogen-bond acceptors (Lipinski definition) is 2. The highest BCUT2D eigenvalue weighted by molar-refractivity contribution is 5.76. The Bertz CT molecular complexity index is 239. The molecular weight excluding hydrogens is 248 g/mol. The molecule has 0 aromatic rings. The van der Waals surface area contributed by atoms with E-state index in [9.17, 15) is 4.79 Å². The summed E-state index contributed by atoms with van der Waals surface area (Å²) in [6.07, 6.45) is 17.1. The number of nitrogens with zero attached hydrogens (tertiary/aromatic N) is 1. The monoisotopic (exact) mass is 282 g/mol. The molecule has 0 heterocycles. The zero-order chi connectivity index (χ0) is 14.9. The Labute approximate surface area is 125 Å². The van der Waals surface area contributed by atoms with Crippen LogP contribution in [0.4, 0.5) is 0 Å². The van der Waals surface area contributed by atoms with Crippen LogP contribution in [-0.2, 0) is 4.79 Å². The number of unbranched alkanes of at least 4 members (excludes halogenated alkanes) is 10. The number of carbonyl (C=O) groups excluding carboxylic acids is 1. The molecule has 3 heteroatoms. The molecule has 1 amide bonds. The van der Waals surface area contributed by atoms with Crippen LogP contribution in [0.25, 0.3) is 0 Å². The van der Waals surface area contributed by atoms with Crippen LogP contribution in [0.1, 0.15) is 97.3 Å². The summed E-state index contributed by atoms with van der Waals surface area (Å²) in [4.78, 5) is 11.5. The van der Waals surface area contributed by atoms with Crippen molar-refractivity contribution in [3.8, 4) is 0 Å². The lowest BCUT2D eigenvalue weighted by Crippen LogP contribution is -2.16. The molecule has 1 N–H and O–H groups in total. The van der Waals surface area contributed by atoms with E-state index in [0.717, 1.165) is 19.3 Å². The number of hydrogen-bond donors (Lipinski definition) is 1. The average molecular weight is 282 g/mol. The summed E-state index contributed by atoms with van der Waals surface area (Å²) in [5.41, 5.74) is 2.62. The van der Waals surface area contributed by atoms with Crippen LogP contribution in [0.2, 0.25) is 0 Å². The molecule has 0 saturated heterocycles. The van der Waals surface area contributed by atoms with Gasteiger partial charge in [-0.05, 0) is 19.3 Å². The van der Waals surface area contributed by atoms with Crippen LogP contribution >= 0.6 is 0 Å². The molecule has 0 bridgehead atoms. The molecule has 0 spiro atoms. The zero-order valence-electron chi connectivity index (χ0n) is 13.6. The highest BCUT2D eigenvalue weighted by Gasteiger charge is 1.98. The molecule has 118 valence electrons. The Kier molecular flexibility index (Phi) is 15.5. The second kappa shape index (κ2) is 16.2. The second-order valence-corrected chi connectivity index (χ2v) is 5.57. The lowest BCUT2D eigenvalue weighted by atomic mass is 10.1. The summed E-state index contributed by atoms with van der Waals surface area (Å²) >= 11 is 0. The summed E-state index contributed by atoms with van der Waals surface area (Å²) in [5, 5.41) is 3.98. The number of nitrogens with one attached hydrogen (secondary N) is 1. The lowest BCUT2D eigenvalue weighted by molar-refractivity contribution is -0.121. The molecular formula is C17H34N2O. The molecule has 20 heavy (non-hydrogen) atoms. The van der Waals surface area contributed by atoms with E-state index in [1.165, 1.54) is 57.8 Å². The van der Waals surface area contributed by atoms with Gasteiger partial charge in [-0.3, -0.25) is 4.79 Å². The van der Waals surface area contributed by atoms with Gasteiger partial charge in [0.2, 0.25) is 5.91 Å². The fourth-order valence-electron chi connectivity index (χ4n) is 2.14. The summed E-state index contributed by atoms with van der Waals surface area (Å²) in [7, 11) is 0. The van der Waals surface area contributed by atoms with Crippen LogP contribution in [0.5, 0.6) is 0 Å². The molecule has 0 aromatic carbocycles. The van der Waals surface area contributed by atoms with Gasteiger partial charge in [0.05, 0.1) is 0 Å². The van der Waals surface area contributed by atoms with E-state index in [1.54, 1.807) is 0 Å². The highest BCUT2D eigenvalue weighted by atomic mass is 16.2. The summed E-state index contributed by atoms with van der Waals surface area (Å²) in [6, 6.07) is 0. The van der Waals surface area contributed by atoms with Crippen LogP contribution < -0.4 is 5.43 Å². The van der Waals surface area contributed by atoms with E-state index in [2.05, 4.69) is 24.4 Å². The van der Waals surface area contributed by atoms with E-state index >= 15 is 0 Å². The Balaban J connectivity index is 3.25. The zero-order valence-corrected chi connectivity index (χ0v) is 13.6. The van der Waals surface area contributed by atoms with Crippen LogP contribution in [0.15, 0.2) is 5.10 Å². The van der Waals surface area contributed by atoms with Crippen molar-refractivity contribution in [2.45, 2.75) is 97.3 Å². The molecule has 0 saturated carbocycles. The number of amides is 1. The Morgan fingerprint density at radius 2 is 1.40 bits per heavy atom. The lowest BCUT2D eigenvalue weighted by Gasteiger charge is -2.01. The molecule has 0 radical (unpaired) electrons. The van der Waals surface area contributed by atoms with Gasteiger partial charge in [-0.2, -0.15) is 5.10 Å². The van der Waals surface area contributed by atoms with Crippen LogP contribution in [0, 0.1) is 0 Å². The third-order valence-electron chi connectivity index (χ3n) is 3.47. The van der Waals surface area contributed by atoms with Crippen molar-refractivity contribution in [1.82, 2.24) is 5.43 Å². The molecule has 0 atom stereocenters. The molecule has 0 fully saturated rings. The van der Waals surface area contributed by atoms with Crippen LogP contribution in [-0.4, -0.2) is 12.1 Å². The minimum Gasteiger partial charge on any atom is -0.273 e. The molecule has 0 unspecified atom stereocenters. The van der Waals surface area contributed by atoms with Crippen molar-refractivity contribution < 1.29 is 4.79 Å². The Morgan fingerprint density at radius 1 is 0.850 bits per heavy atom. The standard InChI is InChI=1S/C17H34N2O/c1-3-5-7-9-10-11-13-15-17(20)19-18-16-14-12-8-6-4-2/h16H,3-15H2,1-2H3,(H,19,20). The van der Waals surface area contributed by atoms with Gasteiger partial charge in [-0.15, -0.1) is 0 Å². The smallest absolute Gasteiger partial charge is 0.240 e. The fourth-order valence-corrected chi connectivity index (χ4v) is 2.14. The first kappa shape index (κ1) is 19.1. The maximum absolute atomic E-state index is 11.5. The van der Waals surface area contributed by atoms with Crippen molar-refractivity contribution >= 4 is 12.1 Å². The third kappa shape index (κ3) is 15.2. The van der Waals surface area contributed by atoms with Gasteiger partial charge >= 0.3 is 0 Å². The largest absolute Gasteiger partial charge is 0.273 e. The first-order valence-corrected chi connectivity index (χ1v) is 8.61. The molecule has 0 aliphatic heterocycles. The van der Waals surface area contributed by atoms with Gasteiger partial charge in [0.15, 0.2) is 0 Å². The minimum atomic E-state index is 0.0587. The topological polar surface area (TPSA) is 41.5 Å². The van der Waals surface area contributed by atoms with Crippen molar-refractivity contribution in [2.24, 2.45) is 5.10 Å². The van der Waals surface area contributed by atoms with E-state index in [-0.39, 0.29) is 5.91 Å². The molecule has 3 nitrogen and oxygen atoms in total.